The van der Waals surface area contributed by atoms with Crippen LogP contribution in [0.25, 0.3) is 11.1 Å². The van der Waals surface area contributed by atoms with Crippen LogP contribution in [0.3, 0.4) is 0 Å². The fraction of sp³-hybridized carbons (Fsp3) is 0.188. The average molecular weight is 476 g/mol. The molecule has 3 aromatic carbocycles. The smallest absolute Gasteiger partial charge is 0.170 e. The Kier molecular flexibility index (Phi) is 5.86. The second-order valence-corrected chi connectivity index (χ2v) is 9.59. The molecule has 0 spiro atoms. The summed E-state index contributed by atoms with van der Waals surface area (Å²) in [5.41, 5.74) is 4.38. The van der Waals surface area contributed by atoms with Gasteiger partial charge in [0.15, 0.2) is 17.3 Å². The van der Waals surface area contributed by atoms with E-state index in [1.807, 2.05) is 42.5 Å². The van der Waals surface area contributed by atoms with Gasteiger partial charge in [-0.1, -0.05) is 62.4 Å². The van der Waals surface area contributed by atoms with E-state index in [9.17, 15) is 0 Å². The molecule has 1 N–H and O–H groups in total. The third kappa shape index (κ3) is 4.55. The summed E-state index contributed by atoms with van der Waals surface area (Å²) >= 11 is 0. The highest BCUT2D eigenvalue weighted by atomic mass is 16.6. The molecule has 0 radical (unpaired) electrons. The van der Waals surface area contributed by atoms with E-state index < -0.39 is 0 Å². The van der Waals surface area contributed by atoms with Crippen molar-refractivity contribution in [3.05, 3.63) is 120 Å². The van der Waals surface area contributed by atoms with Crippen molar-refractivity contribution in [1.29, 1.82) is 0 Å². The van der Waals surface area contributed by atoms with Crippen molar-refractivity contribution in [2.24, 2.45) is 11.8 Å². The number of rotatable bonds is 5. The lowest BCUT2D eigenvalue weighted by molar-refractivity contribution is 0.204. The Morgan fingerprint density at radius 1 is 0.833 bits per heavy atom. The van der Waals surface area contributed by atoms with Crippen LogP contribution < -0.4 is 19.5 Å². The average Bonchev–Trinajstić information content (AvgIpc) is 2.90. The van der Waals surface area contributed by atoms with E-state index in [2.05, 4.69) is 79.9 Å². The summed E-state index contributed by atoms with van der Waals surface area (Å²) < 4.78 is 18.5. The standard InChI is InChI=1S/C32H29NO3/c1-21-11-17-29-31(19-21)35-30-18-14-24(20-32(30)36-29)23-12-15-25(16-13-23)33-27-9-6-10-28(22(27)2)34-26-7-4-3-5-8-26/h3-18,20-22,28,33H,19H2,1-2H3. The summed E-state index contributed by atoms with van der Waals surface area (Å²) in [7, 11) is 0. The van der Waals surface area contributed by atoms with Gasteiger partial charge in [-0.3, -0.25) is 0 Å². The Labute approximate surface area is 212 Å². The van der Waals surface area contributed by atoms with Crippen molar-refractivity contribution in [3.63, 3.8) is 0 Å². The lowest BCUT2D eigenvalue weighted by Crippen LogP contribution is -2.28. The van der Waals surface area contributed by atoms with Gasteiger partial charge in [0.25, 0.3) is 0 Å². The second kappa shape index (κ2) is 9.46. The number of allylic oxidation sites excluding steroid dienone is 5. The molecular weight excluding hydrogens is 446 g/mol. The first kappa shape index (κ1) is 22.3. The van der Waals surface area contributed by atoms with E-state index in [1.54, 1.807) is 0 Å². The SMILES string of the molecule is CC1C=CC2=C(C1)Oc1ccc(-c3ccc(NC4=CC=CC(Oc5ccccc5)C4C)cc3)cc1O2. The van der Waals surface area contributed by atoms with Crippen LogP contribution in [-0.4, -0.2) is 6.10 Å². The highest BCUT2D eigenvalue weighted by Crippen LogP contribution is 2.41. The third-order valence-electron chi connectivity index (χ3n) is 6.84. The van der Waals surface area contributed by atoms with Crippen molar-refractivity contribution < 1.29 is 14.2 Å². The van der Waals surface area contributed by atoms with Crippen molar-refractivity contribution >= 4 is 5.69 Å². The fourth-order valence-corrected chi connectivity index (χ4v) is 4.72. The van der Waals surface area contributed by atoms with Crippen molar-refractivity contribution in [3.8, 4) is 28.4 Å². The summed E-state index contributed by atoms with van der Waals surface area (Å²) in [6, 6.07) is 24.6. The Bertz CT molecular complexity index is 1380. The predicted molar refractivity (Wildman–Crippen MR) is 144 cm³/mol. The van der Waals surface area contributed by atoms with E-state index >= 15 is 0 Å². The molecule has 36 heavy (non-hydrogen) atoms. The number of hydrogen-bond acceptors (Lipinski definition) is 4. The van der Waals surface area contributed by atoms with Gasteiger partial charge in [-0.25, -0.2) is 0 Å². The molecule has 4 nitrogen and oxygen atoms in total. The number of ether oxygens (including phenoxy) is 3. The van der Waals surface area contributed by atoms with Crippen LogP contribution in [-0.2, 0) is 0 Å². The number of hydrogen-bond donors (Lipinski definition) is 1. The van der Waals surface area contributed by atoms with Gasteiger partial charge in [-0.15, -0.1) is 0 Å². The first-order chi connectivity index (χ1) is 17.6. The number of anilines is 1. The molecule has 180 valence electrons. The van der Waals surface area contributed by atoms with Crippen LogP contribution in [0.2, 0.25) is 0 Å². The van der Waals surface area contributed by atoms with Crippen molar-refractivity contribution in [1.82, 2.24) is 0 Å². The van der Waals surface area contributed by atoms with E-state index in [4.69, 9.17) is 14.2 Å². The van der Waals surface area contributed by atoms with Crippen LogP contribution in [0.5, 0.6) is 17.2 Å². The zero-order valence-corrected chi connectivity index (χ0v) is 20.5. The number of para-hydroxylation sites is 1. The number of nitrogens with one attached hydrogen (secondary N) is 1. The highest BCUT2D eigenvalue weighted by Gasteiger charge is 2.25. The van der Waals surface area contributed by atoms with Crippen molar-refractivity contribution in [2.45, 2.75) is 26.4 Å². The maximum absolute atomic E-state index is 6.20. The minimum atomic E-state index is -0.0188. The summed E-state index contributed by atoms with van der Waals surface area (Å²) in [5, 5.41) is 3.58. The van der Waals surface area contributed by atoms with Gasteiger partial charge in [0.05, 0.1) is 0 Å². The molecule has 0 saturated heterocycles. The molecule has 3 atom stereocenters. The van der Waals surface area contributed by atoms with Crippen LogP contribution in [0.15, 0.2) is 120 Å². The molecule has 0 saturated carbocycles. The predicted octanol–water partition coefficient (Wildman–Crippen LogP) is 7.88. The molecule has 1 heterocycles. The van der Waals surface area contributed by atoms with Gasteiger partial charge in [-0.05, 0) is 71.7 Å². The number of fused-ring (bicyclic) bond motifs is 1. The zero-order valence-electron chi connectivity index (χ0n) is 20.5. The summed E-state index contributed by atoms with van der Waals surface area (Å²) in [6.07, 6.45) is 11.3. The minimum Gasteiger partial charge on any atom is -0.486 e. The van der Waals surface area contributed by atoms with E-state index in [0.717, 1.165) is 57.7 Å². The molecule has 4 heteroatoms. The molecule has 3 aromatic rings. The fourth-order valence-electron chi connectivity index (χ4n) is 4.72. The van der Waals surface area contributed by atoms with Gasteiger partial charge in [0, 0.05) is 23.7 Å². The Balaban J connectivity index is 1.14. The van der Waals surface area contributed by atoms with E-state index in [0.29, 0.717) is 5.92 Å². The van der Waals surface area contributed by atoms with Gasteiger partial charge in [0.2, 0.25) is 0 Å². The molecule has 6 rings (SSSR count). The second-order valence-electron chi connectivity index (χ2n) is 9.59. The van der Waals surface area contributed by atoms with Crippen LogP contribution in [0.4, 0.5) is 5.69 Å². The van der Waals surface area contributed by atoms with Crippen LogP contribution >= 0.6 is 0 Å². The molecule has 0 fully saturated rings. The molecular formula is C32H29NO3. The third-order valence-corrected chi connectivity index (χ3v) is 6.84. The lowest BCUT2D eigenvalue weighted by Gasteiger charge is -2.28. The quantitative estimate of drug-likeness (QED) is 0.407. The normalized spacial score (nSPS) is 22.1. The van der Waals surface area contributed by atoms with Crippen LogP contribution in [0, 0.1) is 11.8 Å². The topological polar surface area (TPSA) is 39.7 Å². The monoisotopic (exact) mass is 475 g/mol. The molecule has 3 unspecified atom stereocenters. The maximum Gasteiger partial charge on any atom is 0.170 e. The first-order valence-corrected chi connectivity index (χ1v) is 12.5. The van der Waals surface area contributed by atoms with E-state index in [1.165, 1.54) is 0 Å². The number of benzene rings is 3. The van der Waals surface area contributed by atoms with Gasteiger partial charge in [-0.2, -0.15) is 0 Å². The lowest BCUT2D eigenvalue weighted by atomic mass is 9.95. The van der Waals surface area contributed by atoms with Gasteiger partial charge < -0.3 is 19.5 Å². The zero-order chi connectivity index (χ0) is 24.5. The molecule has 1 aliphatic heterocycles. The Morgan fingerprint density at radius 3 is 2.47 bits per heavy atom. The summed E-state index contributed by atoms with van der Waals surface area (Å²) in [5.74, 6) is 4.80. The molecule has 0 amide bonds. The van der Waals surface area contributed by atoms with Crippen LogP contribution in [0.1, 0.15) is 20.3 Å². The maximum atomic E-state index is 6.20. The van der Waals surface area contributed by atoms with Gasteiger partial charge in [0.1, 0.15) is 17.6 Å². The molecule has 2 aliphatic carbocycles. The minimum absolute atomic E-state index is 0.0188. The molecule has 0 aromatic heterocycles. The van der Waals surface area contributed by atoms with E-state index in [-0.39, 0.29) is 12.0 Å². The first-order valence-electron chi connectivity index (χ1n) is 12.5. The van der Waals surface area contributed by atoms with Gasteiger partial charge >= 0.3 is 0 Å². The summed E-state index contributed by atoms with van der Waals surface area (Å²) in [4.78, 5) is 0. The molecule has 0 bridgehead atoms. The summed E-state index contributed by atoms with van der Waals surface area (Å²) in [6.45, 7) is 4.36. The molecule has 3 aliphatic rings. The largest absolute Gasteiger partial charge is 0.486 e. The van der Waals surface area contributed by atoms with Crippen molar-refractivity contribution in [2.75, 3.05) is 5.32 Å². The Morgan fingerprint density at radius 2 is 1.64 bits per heavy atom. The Hall–Kier alpha value is -4.18. The highest BCUT2D eigenvalue weighted by molar-refractivity contribution is 5.70.